The second kappa shape index (κ2) is 7.34. The SMILES string of the molecule is COC(=O)/C1=C/CC[C@@]2(C)O[C@H]2CC[C@@]2(C)O[C@@H]2/C=C(/C(C)(C)OC)CC1. The average molecular weight is 379 g/mol. The van der Waals surface area contributed by atoms with Gasteiger partial charge in [-0.25, -0.2) is 4.79 Å². The molecule has 3 rings (SSSR count). The molecule has 3 aliphatic rings. The highest BCUT2D eigenvalue weighted by atomic mass is 16.6. The molecule has 2 fully saturated rings. The van der Waals surface area contributed by atoms with Crippen molar-refractivity contribution in [2.45, 2.75) is 95.2 Å². The molecule has 4 atom stereocenters. The van der Waals surface area contributed by atoms with E-state index in [-0.39, 0.29) is 29.4 Å². The van der Waals surface area contributed by atoms with E-state index in [4.69, 9.17) is 18.9 Å². The molecule has 0 bridgehead atoms. The summed E-state index contributed by atoms with van der Waals surface area (Å²) in [7, 11) is 3.16. The molecular weight excluding hydrogens is 344 g/mol. The van der Waals surface area contributed by atoms with Crippen molar-refractivity contribution in [3.63, 3.8) is 0 Å². The Balaban J connectivity index is 1.84. The first-order valence-electron chi connectivity index (χ1n) is 10.0. The first-order chi connectivity index (χ1) is 12.6. The molecule has 0 N–H and O–H groups in total. The standard InChI is InChI=1S/C22H34O5/c1-20(2,25-6)16-10-9-15(19(23)24-5)8-7-12-21(3)17(26-21)11-13-22(4)18(14-16)27-22/h8,14,17-18H,7,9-13H2,1-6H3/b15-8+,16-14+/t17-,18+,21+,22+/m0/s1. The number of ether oxygens (including phenoxy) is 4. The maximum Gasteiger partial charge on any atom is 0.333 e. The van der Waals surface area contributed by atoms with Crippen LogP contribution in [0.1, 0.15) is 66.2 Å². The highest BCUT2D eigenvalue weighted by Gasteiger charge is 2.56. The molecule has 27 heavy (non-hydrogen) atoms. The van der Waals surface area contributed by atoms with E-state index in [9.17, 15) is 4.79 Å². The van der Waals surface area contributed by atoms with Crippen LogP contribution in [-0.4, -0.2) is 49.2 Å². The normalized spacial score (nSPS) is 41.0. The van der Waals surface area contributed by atoms with Crippen molar-refractivity contribution >= 4 is 5.97 Å². The third kappa shape index (κ3) is 4.47. The maximum atomic E-state index is 12.2. The van der Waals surface area contributed by atoms with Crippen LogP contribution < -0.4 is 0 Å². The third-order valence-electron chi connectivity index (χ3n) is 6.66. The quantitative estimate of drug-likeness (QED) is 0.420. The summed E-state index contributed by atoms with van der Waals surface area (Å²) in [5.74, 6) is -0.248. The molecule has 0 aromatic heterocycles. The lowest BCUT2D eigenvalue weighted by molar-refractivity contribution is -0.136. The third-order valence-corrected chi connectivity index (χ3v) is 6.66. The van der Waals surface area contributed by atoms with E-state index in [0.29, 0.717) is 6.42 Å². The van der Waals surface area contributed by atoms with Gasteiger partial charge in [0.15, 0.2) is 0 Å². The minimum Gasteiger partial charge on any atom is -0.466 e. The summed E-state index contributed by atoms with van der Waals surface area (Å²) < 4.78 is 22.7. The zero-order chi connectivity index (χ0) is 19.9. The number of rotatable bonds is 3. The maximum absolute atomic E-state index is 12.2. The van der Waals surface area contributed by atoms with Gasteiger partial charge in [-0.15, -0.1) is 0 Å². The summed E-state index contributed by atoms with van der Waals surface area (Å²) in [5, 5.41) is 0. The highest BCUT2D eigenvalue weighted by molar-refractivity contribution is 5.88. The number of methoxy groups -OCH3 is 2. The number of hydrogen-bond acceptors (Lipinski definition) is 5. The molecule has 0 spiro atoms. The molecule has 2 heterocycles. The first kappa shape index (κ1) is 20.6. The van der Waals surface area contributed by atoms with Crippen molar-refractivity contribution < 1.29 is 23.7 Å². The zero-order valence-corrected chi connectivity index (χ0v) is 17.6. The Morgan fingerprint density at radius 2 is 1.89 bits per heavy atom. The number of allylic oxidation sites excluding steroid dienone is 1. The number of fused-ring (bicyclic) bond motifs is 2. The van der Waals surface area contributed by atoms with Gasteiger partial charge >= 0.3 is 5.97 Å². The first-order valence-corrected chi connectivity index (χ1v) is 10.0. The lowest BCUT2D eigenvalue weighted by Gasteiger charge is -2.27. The summed E-state index contributed by atoms with van der Waals surface area (Å²) >= 11 is 0. The van der Waals surface area contributed by atoms with Crippen LogP contribution in [0, 0.1) is 0 Å². The Morgan fingerprint density at radius 1 is 1.15 bits per heavy atom. The molecule has 0 amide bonds. The topological polar surface area (TPSA) is 60.6 Å². The summed E-state index contributed by atoms with van der Waals surface area (Å²) in [5.41, 5.74) is 1.31. The van der Waals surface area contributed by atoms with Gasteiger partial charge < -0.3 is 18.9 Å². The van der Waals surface area contributed by atoms with Crippen LogP contribution in [0.25, 0.3) is 0 Å². The van der Waals surface area contributed by atoms with E-state index in [0.717, 1.165) is 43.3 Å². The van der Waals surface area contributed by atoms with E-state index in [1.165, 1.54) is 7.11 Å². The van der Waals surface area contributed by atoms with Gasteiger partial charge in [-0.05, 0) is 71.8 Å². The zero-order valence-electron chi connectivity index (χ0n) is 17.6. The van der Waals surface area contributed by atoms with Crippen molar-refractivity contribution in [2.75, 3.05) is 14.2 Å². The van der Waals surface area contributed by atoms with Crippen LogP contribution in [-0.2, 0) is 23.7 Å². The van der Waals surface area contributed by atoms with Gasteiger partial charge in [0, 0.05) is 12.7 Å². The van der Waals surface area contributed by atoms with Crippen LogP contribution in [0.2, 0.25) is 0 Å². The second-order valence-corrected chi connectivity index (χ2v) is 8.97. The molecule has 1 aliphatic carbocycles. The molecule has 0 radical (unpaired) electrons. The Bertz CT molecular complexity index is 649. The minimum atomic E-state index is -0.399. The largest absolute Gasteiger partial charge is 0.466 e. The predicted octanol–water partition coefficient (Wildman–Crippen LogP) is 4.11. The van der Waals surface area contributed by atoms with Crippen LogP contribution in [0.5, 0.6) is 0 Å². The molecule has 152 valence electrons. The summed E-state index contributed by atoms with van der Waals surface area (Å²) in [6, 6.07) is 0. The van der Waals surface area contributed by atoms with E-state index in [2.05, 4.69) is 33.8 Å². The summed E-state index contributed by atoms with van der Waals surface area (Å²) in [6.45, 7) is 8.47. The molecule has 2 saturated heterocycles. The molecule has 5 nitrogen and oxygen atoms in total. The van der Waals surface area contributed by atoms with Crippen molar-refractivity contribution in [3.05, 3.63) is 23.3 Å². The van der Waals surface area contributed by atoms with Crippen molar-refractivity contribution in [2.24, 2.45) is 0 Å². The fraction of sp³-hybridized carbons (Fsp3) is 0.773. The van der Waals surface area contributed by atoms with Gasteiger partial charge in [0.05, 0.1) is 30.0 Å². The van der Waals surface area contributed by atoms with E-state index in [1.807, 2.05) is 6.08 Å². The number of epoxide rings is 2. The van der Waals surface area contributed by atoms with Gasteiger partial charge in [0.1, 0.15) is 6.10 Å². The van der Waals surface area contributed by atoms with Crippen LogP contribution in [0.3, 0.4) is 0 Å². The molecule has 0 aromatic carbocycles. The molecule has 0 aromatic rings. The van der Waals surface area contributed by atoms with Crippen molar-refractivity contribution in [3.8, 4) is 0 Å². The lowest BCUT2D eigenvalue weighted by atomic mass is 9.87. The summed E-state index contributed by atoms with van der Waals surface area (Å²) in [6.07, 6.45) is 9.74. The number of hydrogen-bond donors (Lipinski definition) is 0. The van der Waals surface area contributed by atoms with Crippen LogP contribution >= 0.6 is 0 Å². The lowest BCUT2D eigenvalue weighted by Crippen LogP contribution is -2.27. The fourth-order valence-electron chi connectivity index (χ4n) is 4.08. The fourth-order valence-corrected chi connectivity index (χ4v) is 4.08. The Labute approximate surface area is 163 Å². The number of esters is 1. The number of carbonyl (C=O) groups excluding carboxylic acids is 1. The monoisotopic (exact) mass is 378 g/mol. The van der Waals surface area contributed by atoms with E-state index in [1.54, 1.807) is 7.11 Å². The van der Waals surface area contributed by atoms with Gasteiger partial charge in [0.2, 0.25) is 0 Å². The Hall–Kier alpha value is -1.17. The van der Waals surface area contributed by atoms with Crippen molar-refractivity contribution in [1.82, 2.24) is 0 Å². The highest BCUT2D eigenvalue weighted by Crippen LogP contribution is 2.49. The minimum absolute atomic E-state index is 0.0678. The van der Waals surface area contributed by atoms with Crippen LogP contribution in [0.4, 0.5) is 0 Å². The predicted molar refractivity (Wildman–Crippen MR) is 104 cm³/mol. The average Bonchev–Trinajstić information content (AvgIpc) is 3.49. The molecule has 5 heteroatoms. The molecule has 0 unspecified atom stereocenters. The van der Waals surface area contributed by atoms with Gasteiger partial charge in [0.25, 0.3) is 0 Å². The second-order valence-electron chi connectivity index (χ2n) is 8.97. The van der Waals surface area contributed by atoms with E-state index >= 15 is 0 Å². The number of carbonyl (C=O) groups is 1. The molecular formula is C22H34O5. The molecule has 2 aliphatic heterocycles. The Kier molecular flexibility index (Phi) is 5.59. The van der Waals surface area contributed by atoms with Crippen molar-refractivity contribution in [1.29, 1.82) is 0 Å². The smallest absolute Gasteiger partial charge is 0.333 e. The Morgan fingerprint density at radius 3 is 2.56 bits per heavy atom. The van der Waals surface area contributed by atoms with Gasteiger partial charge in [-0.2, -0.15) is 0 Å². The van der Waals surface area contributed by atoms with Gasteiger partial charge in [-0.1, -0.05) is 12.2 Å². The van der Waals surface area contributed by atoms with Gasteiger partial charge in [-0.3, -0.25) is 0 Å². The summed E-state index contributed by atoms with van der Waals surface area (Å²) in [4.78, 5) is 12.2. The molecule has 0 saturated carbocycles. The van der Waals surface area contributed by atoms with E-state index < -0.39 is 5.60 Å². The van der Waals surface area contributed by atoms with Crippen LogP contribution in [0.15, 0.2) is 23.3 Å².